The zero-order chi connectivity index (χ0) is 18.8. The van der Waals surface area contributed by atoms with Crippen LogP contribution >= 0.6 is 0 Å². The minimum Gasteiger partial charge on any atom is -0.342 e. The molecule has 0 spiro atoms. The highest BCUT2D eigenvalue weighted by Gasteiger charge is 2.23. The van der Waals surface area contributed by atoms with Gasteiger partial charge in [0, 0.05) is 5.56 Å². The summed E-state index contributed by atoms with van der Waals surface area (Å²) in [7, 11) is 0. The highest BCUT2D eigenvalue weighted by atomic mass is 16.1. The van der Waals surface area contributed by atoms with Crippen molar-refractivity contribution in [3.05, 3.63) is 65.5 Å². The number of amides is 1. The van der Waals surface area contributed by atoms with Crippen molar-refractivity contribution in [2.45, 2.75) is 39.8 Å². The molecule has 2 unspecified atom stereocenters. The fourth-order valence-corrected chi connectivity index (χ4v) is 3.12. The monoisotopic (exact) mass is 349 g/mol. The lowest BCUT2D eigenvalue weighted by molar-refractivity contribution is -0.119. The summed E-state index contributed by atoms with van der Waals surface area (Å²) in [5.41, 5.74) is 3.26. The van der Waals surface area contributed by atoms with Gasteiger partial charge in [0.15, 0.2) is 5.78 Å². The largest absolute Gasteiger partial charge is 0.342 e. The number of nitrogens with zero attached hydrogens (tertiary/aromatic N) is 2. The van der Waals surface area contributed by atoms with Crippen LogP contribution in [0.1, 0.15) is 54.6 Å². The van der Waals surface area contributed by atoms with E-state index >= 15 is 0 Å². The van der Waals surface area contributed by atoms with Gasteiger partial charge in [0.2, 0.25) is 0 Å². The van der Waals surface area contributed by atoms with Crippen LogP contribution in [0, 0.1) is 6.92 Å². The molecule has 1 amide bonds. The standard InChI is InChI=1S/C21H23N3O2/c1-13-9-5-6-10-17(13)21(26)22-14(2)20-23-18-11-7-8-12-19(18)24(20)15(3)16(4)25/h5-12,14-15H,1-4H3,(H,22,26). The van der Waals surface area contributed by atoms with Gasteiger partial charge in [-0.15, -0.1) is 0 Å². The first-order chi connectivity index (χ1) is 12.4. The maximum atomic E-state index is 12.7. The Balaban J connectivity index is 1.99. The van der Waals surface area contributed by atoms with Crippen LogP contribution in [-0.2, 0) is 4.79 Å². The number of benzene rings is 2. The van der Waals surface area contributed by atoms with Crippen molar-refractivity contribution in [1.82, 2.24) is 14.9 Å². The number of fused-ring (bicyclic) bond motifs is 1. The number of Topliss-reactive ketones (excluding diaryl/α,β-unsaturated/α-hetero) is 1. The zero-order valence-corrected chi connectivity index (χ0v) is 15.5. The molecule has 1 N–H and O–H groups in total. The molecule has 3 rings (SSSR count). The predicted octanol–water partition coefficient (Wildman–Crippen LogP) is 3.99. The Hall–Kier alpha value is -2.95. The Morgan fingerprint density at radius 3 is 2.38 bits per heavy atom. The van der Waals surface area contributed by atoms with Gasteiger partial charge in [-0.05, 0) is 51.5 Å². The van der Waals surface area contributed by atoms with Crippen molar-refractivity contribution in [1.29, 1.82) is 0 Å². The molecule has 0 aliphatic rings. The van der Waals surface area contributed by atoms with E-state index in [9.17, 15) is 9.59 Å². The third-order valence-corrected chi connectivity index (χ3v) is 4.72. The van der Waals surface area contributed by atoms with E-state index in [-0.39, 0.29) is 23.8 Å². The van der Waals surface area contributed by atoms with Gasteiger partial charge in [-0.3, -0.25) is 9.59 Å². The van der Waals surface area contributed by atoms with Crippen LogP contribution in [-0.4, -0.2) is 21.2 Å². The summed E-state index contributed by atoms with van der Waals surface area (Å²) >= 11 is 0. The molecule has 5 nitrogen and oxygen atoms in total. The first kappa shape index (κ1) is 17.9. The number of ketones is 1. The highest BCUT2D eigenvalue weighted by Crippen LogP contribution is 2.26. The summed E-state index contributed by atoms with van der Waals surface area (Å²) in [4.78, 5) is 29.4. The Bertz CT molecular complexity index is 974. The molecular formula is C21H23N3O2. The van der Waals surface area contributed by atoms with E-state index < -0.39 is 0 Å². The SMILES string of the molecule is CC(=O)C(C)n1c(C(C)NC(=O)c2ccccc2C)nc2ccccc21. The summed E-state index contributed by atoms with van der Waals surface area (Å²) < 4.78 is 1.92. The first-order valence-corrected chi connectivity index (χ1v) is 8.74. The van der Waals surface area contributed by atoms with Gasteiger partial charge >= 0.3 is 0 Å². The van der Waals surface area contributed by atoms with Gasteiger partial charge in [-0.25, -0.2) is 4.98 Å². The molecule has 0 radical (unpaired) electrons. The van der Waals surface area contributed by atoms with Crippen molar-refractivity contribution in [3.8, 4) is 0 Å². The predicted molar refractivity (Wildman–Crippen MR) is 102 cm³/mol. The fourth-order valence-electron chi connectivity index (χ4n) is 3.12. The van der Waals surface area contributed by atoms with Crippen LogP contribution < -0.4 is 5.32 Å². The van der Waals surface area contributed by atoms with E-state index in [0.717, 1.165) is 16.6 Å². The number of imidazole rings is 1. The molecule has 1 heterocycles. The van der Waals surface area contributed by atoms with Gasteiger partial charge < -0.3 is 9.88 Å². The zero-order valence-electron chi connectivity index (χ0n) is 15.5. The number of hydrogen-bond acceptors (Lipinski definition) is 3. The van der Waals surface area contributed by atoms with Crippen LogP contribution in [0.15, 0.2) is 48.5 Å². The van der Waals surface area contributed by atoms with Crippen molar-refractivity contribution in [2.24, 2.45) is 0 Å². The Labute approximate surface area is 153 Å². The van der Waals surface area contributed by atoms with Gasteiger partial charge in [0.1, 0.15) is 5.82 Å². The summed E-state index contributed by atoms with van der Waals surface area (Å²) in [6.45, 7) is 7.23. The summed E-state index contributed by atoms with van der Waals surface area (Å²) in [5.74, 6) is 0.576. The molecule has 0 saturated heterocycles. The molecule has 0 aliphatic carbocycles. The van der Waals surface area contributed by atoms with Crippen molar-refractivity contribution >= 4 is 22.7 Å². The van der Waals surface area contributed by atoms with E-state index in [1.807, 2.05) is 67.8 Å². The van der Waals surface area contributed by atoms with Gasteiger partial charge in [0.05, 0.1) is 23.1 Å². The van der Waals surface area contributed by atoms with Gasteiger partial charge in [-0.1, -0.05) is 30.3 Å². The molecule has 3 aromatic rings. The topological polar surface area (TPSA) is 64.0 Å². The van der Waals surface area contributed by atoms with Crippen molar-refractivity contribution in [3.63, 3.8) is 0 Å². The molecule has 0 saturated carbocycles. The van der Waals surface area contributed by atoms with E-state index in [2.05, 4.69) is 10.3 Å². The summed E-state index contributed by atoms with van der Waals surface area (Å²) in [5, 5.41) is 3.01. The maximum absolute atomic E-state index is 12.7. The number of nitrogens with one attached hydrogen (secondary N) is 1. The smallest absolute Gasteiger partial charge is 0.252 e. The van der Waals surface area contributed by atoms with Crippen LogP contribution in [0.4, 0.5) is 0 Å². The van der Waals surface area contributed by atoms with Crippen LogP contribution in [0.5, 0.6) is 0 Å². The molecule has 26 heavy (non-hydrogen) atoms. The second-order valence-electron chi connectivity index (χ2n) is 6.63. The minimum absolute atomic E-state index is 0.0480. The lowest BCUT2D eigenvalue weighted by atomic mass is 10.1. The quantitative estimate of drug-likeness (QED) is 0.757. The van der Waals surface area contributed by atoms with E-state index in [4.69, 9.17) is 0 Å². The molecule has 0 bridgehead atoms. The average molecular weight is 349 g/mol. The second kappa shape index (κ2) is 7.12. The fraction of sp³-hybridized carbons (Fsp3) is 0.286. The molecule has 0 fully saturated rings. The van der Waals surface area contributed by atoms with E-state index in [0.29, 0.717) is 11.4 Å². The number of carbonyl (C=O) groups is 2. The third-order valence-electron chi connectivity index (χ3n) is 4.72. The molecule has 134 valence electrons. The van der Waals surface area contributed by atoms with Crippen LogP contribution in [0.3, 0.4) is 0 Å². The first-order valence-electron chi connectivity index (χ1n) is 8.74. The number of carbonyl (C=O) groups excluding carboxylic acids is 2. The average Bonchev–Trinajstić information content (AvgIpc) is 3.00. The minimum atomic E-state index is -0.352. The molecule has 2 aromatic carbocycles. The molecule has 0 aliphatic heterocycles. The number of para-hydroxylation sites is 2. The molecule has 2 atom stereocenters. The highest BCUT2D eigenvalue weighted by molar-refractivity contribution is 5.95. The Kier molecular flexibility index (Phi) is 4.89. The summed E-state index contributed by atoms with van der Waals surface area (Å²) in [6, 6.07) is 14.5. The Morgan fingerprint density at radius 1 is 1.04 bits per heavy atom. The van der Waals surface area contributed by atoms with Crippen LogP contribution in [0.25, 0.3) is 11.0 Å². The third kappa shape index (κ3) is 3.25. The normalized spacial score (nSPS) is 13.4. The van der Waals surface area contributed by atoms with Crippen molar-refractivity contribution in [2.75, 3.05) is 0 Å². The number of rotatable bonds is 5. The number of hydrogen-bond donors (Lipinski definition) is 1. The lowest BCUT2D eigenvalue weighted by Crippen LogP contribution is -2.30. The number of aromatic nitrogens is 2. The summed E-state index contributed by atoms with van der Waals surface area (Å²) in [6.07, 6.45) is 0. The maximum Gasteiger partial charge on any atom is 0.252 e. The Morgan fingerprint density at radius 2 is 1.69 bits per heavy atom. The van der Waals surface area contributed by atoms with E-state index in [1.54, 1.807) is 13.0 Å². The van der Waals surface area contributed by atoms with E-state index in [1.165, 1.54) is 0 Å². The van der Waals surface area contributed by atoms with Crippen LogP contribution in [0.2, 0.25) is 0 Å². The van der Waals surface area contributed by atoms with Crippen molar-refractivity contribution < 1.29 is 9.59 Å². The molecular weight excluding hydrogens is 326 g/mol. The molecule has 5 heteroatoms. The second-order valence-corrected chi connectivity index (χ2v) is 6.63. The van der Waals surface area contributed by atoms with Gasteiger partial charge in [0.25, 0.3) is 5.91 Å². The lowest BCUT2D eigenvalue weighted by Gasteiger charge is -2.20. The molecule has 1 aromatic heterocycles. The van der Waals surface area contributed by atoms with Gasteiger partial charge in [-0.2, -0.15) is 0 Å². The number of aryl methyl sites for hydroxylation is 1.